The van der Waals surface area contributed by atoms with E-state index >= 15 is 0 Å². The topological polar surface area (TPSA) is 29.9 Å². The Morgan fingerprint density at radius 2 is 2.00 bits per heavy atom. The van der Waals surface area contributed by atoms with Crippen LogP contribution in [0.3, 0.4) is 0 Å². The number of hydrogen-bond acceptors (Lipinski definition) is 2. The van der Waals surface area contributed by atoms with Crippen molar-refractivity contribution in [1.82, 2.24) is 15.1 Å². The van der Waals surface area contributed by atoms with Crippen LogP contribution in [0.5, 0.6) is 0 Å². The maximum Gasteiger partial charge on any atom is 0.123 e. The Kier molecular flexibility index (Phi) is 4.10. The lowest BCUT2D eigenvalue weighted by molar-refractivity contribution is 0.624. The van der Waals surface area contributed by atoms with E-state index in [4.69, 9.17) is 0 Å². The summed E-state index contributed by atoms with van der Waals surface area (Å²) in [5, 5.41) is 7.75. The SMILES string of the molecule is CCNCc1cn(Cc2ccc(F)cc2)nc1C. The zero-order valence-corrected chi connectivity index (χ0v) is 10.8. The molecule has 0 fully saturated rings. The fraction of sp³-hybridized carbons (Fsp3) is 0.357. The van der Waals surface area contributed by atoms with E-state index in [9.17, 15) is 4.39 Å². The van der Waals surface area contributed by atoms with E-state index in [1.807, 2.05) is 17.8 Å². The van der Waals surface area contributed by atoms with Gasteiger partial charge in [-0.1, -0.05) is 19.1 Å². The lowest BCUT2D eigenvalue weighted by atomic mass is 10.2. The van der Waals surface area contributed by atoms with Crippen LogP contribution in [-0.4, -0.2) is 16.3 Å². The van der Waals surface area contributed by atoms with Crippen molar-refractivity contribution in [2.45, 2.75) is 26.9 Å². The van der Waals surface area contributed by atoms with Gasteiger partial charge in [-0.15, -0.1) is 0 Å². The zero-order valence-electron chi connectivity index (χ0n) is 10.8. The quantitative estimate of drug-likeness (QED) is 0.879. The predicted octanol–water partition coefficient (Wildman–Crippen LogP) is 2.49. The second-order valence-electron chi connectivity index (χ2n) is 4.34. The summed E-state index contributed by atoms with van der Waals surface area (Å²) in [7, 11) is 0. The first-order chi connectivity index (χ1) is 8.69. The third kappa shape index (κ3) is 3.17. The molecule has 0 unspecified atom stereocenters. The molecule has 18 heavy (non-hydrogen) atoms. The minimum absolute atomic E-state index is 0.205. The molecule has 1 aromatic carbocycles. The number of nitrogens with one attached hydrogen (secondary N) is 1. The molecule has 3 nitrogen and oxygen atoms in total. The molecule has 96 valence electrons. The van der Waals surface area contributed by atoms with Gasteiger partial charge in [0.25, 0.3) is 0 Å². The lowest BCUT2D eigenvalue weighted by Crippen LogP contribution is -2.11. The Labute approximate surface area is 107 Å². The summed E-state index contributed by atoms with van der Waals surface area (Å²) in [6.45, 7) is 6.55. The summed E-state index contributed by atoms with van der Waals surface area (Å²) >= 11 is 0. The molecule has 0 saturated carbocycles. The molecule has 4 heteroatoms. The van der Waals surface area contributed by atoms with E-state index in [0.29, 0.717) is 6.54 Å². The molecular weight excluding hydrogens is 229 g/mol. The van der Waals surface area contributed by atoms with Crippen LogP contribution >= 0.6 is 0 Å². The summed E-state index contributed by atoms with van der Waals surface area (Å²) in [6, 6.07) is 6.53. The van der Waals surface area contributed by atoms with Gasteiger partial charge in [0.05, 0.1) is 12.2 Å². The van der Waals surface area contributed by atoms with Gasteiger partial charge in [-0.3, -0.25) is 4.68 Å². The smallest absolute Gasteiger partial charge is 0.123 e. The van der Waals surface area contributed by atoms with Crippen LogP contribution < -0.4 is 5.32 Å². The molecule has 2 aromatic rings. The molecule has 1 aromatic heterocycles. The van der Waals surface area contributed by atoms with Crippen molar-refractivity contribution in [3.05, 3.63) is 53.1 Å². The molecule has 0 bridgehead atoms. The largest absolute Gasteiger partial charge is 0.313 e. The summed E-state index contributed by atoms with van der Waals surface area (Å²) in [5.74, 6) is -0.205. The second kappa shape index (κ2) is 5.78. The Morgan fingerprint density at radius 1 is 1.28 bits per heavy atom. The van der Waals surface area contributed by atoms with E-state index in [-0.39, 0.29) is 5.82 Å². The standard InChI is InChI=1S/C14H18FN3/c1-3-16-8-13-10-18(17-11(13)2)9-12-4-6-14(15)7-5-12/h4-7,10,16H,3,8-9H2,1-2H3. The highest BCUT2D eigenvalue weighted by Crippen LogP contribution is 2.09. The van der Waals surface area contributed by atoms with Gasteiger partial charge in [-0.25, -0.2) is 4.39 Å². The van der Waals surface area contributed by atoms with Crippen molar-refractivity contribution in [2.24, 2.45) is 0 Å². The first-order valence-corrected chi connectivity index (χ1v) is 6.17. The molecule has 0 atom stereocenters. The molecule has 0 aliphatic heterocycles. The van der Waals surface area contributed by atoms with Gasteiger partial charge in [-0.05, 0) is 31.2 Å². The molecular formula is C14H18FN3. The minimum Gasteiger partial charge on any atom is -0.313 e. The molecule has 0 saturated heterocycles. The first-order valence-electron chi connectivity index (χ1n) is 6.17. The first kappa shape index (κ1) is 12.8. The number of nitrogens with zero attached hydrogens (tertiary/aromatic N) is 2. The van der Waals surface area contributed by atoms with Crippen LogP contribution in [0.4, 0.5) is 4.39 Å². The Bertz CT molecular complexity index is 502. The van der Waals surface area contributed by atoms with Crippen molar-refractivity contribution in [3.8, 4) is 0 Å². The van der Waals surface area contributed by atoms with Crippen LogP contribution in [0.1, 0.15) is 23.7 Å². The number of hydrogen-bond donors (Lipinski definition) is 1. The van der Waals surface area contributed by atoms with Gasteiger partial charge in [0.2, 0.25) is 0 Å². The molecule has 0 amide bonds. The van der Waals surface area contributed by atoms with E-state index in [1.165, 1.54) is 17.7 Å². The highest BCUT2D eigenvalue weighted by Gasteiger charge is 2.04. The van der Waals surface area contributed by atoms with E-state index in [0.717, 1.165) is 24.3 Å². The maximum atomic E-state index is 12.8. The highest BCUT2D eigenvalue weighted by atomic mass is 19.1. The predicted molar refractivity (Wildman–Crippen MR) is 69.8 cm³/mol. The number of halogens is 1. The second-order valence-corrected chi connectivity index (χ2v) is 4.34. The van der Waals surface area contributed by atoms with Gasteiger partial charge >= 0.3 is 0 Å². The summed E-state index contributed by atoms with van der Waals surface area (Å²) in [4.78, 5) is 0. The number of aromatic nitrogens is 2. The van der Waals surface area contributed by atoms with Crippen LogP contribution in [0.2, 0.25) is 0 Å². The normalized spacial score (nSPS) is 10.8. The molecule has 0 radical (unpaired) electrons. The average molecular weight is 247 g/mol. The fourth-order valence-corrected chi connectivity index (χ4v) is 1.85. The third-order valence-corrected chi connectivity index (χ3v) is 2.87. The van der Waals surface area contributed by atoms with Crippen molar-refractivity contribution in [3.63, 3.8) is 0 Å². The van der Waals surface area contributed by atoms with Gasteiger partial charge in [0.15, 0.2) is 0 Å². The monoisotopic (exact) mass is 247 g/mol. The van der Waals surface area contributed by atoms with Crippen molar-refractivity contribution < 1.29 is 4.39 Å². The van der Waals surface area contributed by atoms with Crippen LogP contribution in [0.25, 0.3) is 0 Å². The fourth-order valence-electron chi connectivity index (χ4n) is 1.85. The summed E-state index contributed by atoms with van der Waals surface area (Å²) in [6.07, 6.45) is 2.04. The van der Waals surface area contributed by atoms with Crippen molar-refractivity contribution in [1.29, 1.82) is 0 Å². The minimum atomic E-state index is -0.205. The zero-order chi connectivity index (χ0) is 13.0. The summed E-state index contributed by atoms with van der Waals surface area (Å²) in [5.41, 5.74) is 3.30. The van der Waals surface area contributed by atoms with E-state index < -0.39 is 0 Å². The van der Waals surface area contributed by atoms with E-state index in [2.05, 4.69) is 17.3 Å². The van der Waals surface area contributed by atoms with Gasteiger partial charge in [0.1, 0.15) is 5.82 Å². The van der Waals surface area contributed by atoms with Crippen LogP contribution in [0, 0.1) is 12.7 Å². The van der Waals surface area contributed by atoms with Crippen molar-refractivity contribution in [2.75, 3.05) is 6.54 Å². The molecule has 0 spiro atoms. The van der Waals surface area contributed by atoms with Gasteiger partial charge < -0.3 is 5.32 Å². The molecule has 0 aliphatic rings. The highest BCUT2D eigenvalue weighted by molar-refractivity contribution is 5.19. The Hall–Kier alpha value is -1.68. The number of rotatable bonds is 5. The molecule has 1 heterocycles. The Morgan fingerprint density at radius 3 is 2.67 bits per heavy atom. The molecule has 1 N–H and O–H groups in total. The molecule has 2 rings (SSSR count). The van der Waals surface area contributed by atoms with E-state index in [1.54, 1.807) is 12.1 Å². The van der Waals surface area contributed by atoms with Gasteiger partial charge in [0, 0.05) is 18.3 Å². The third-order valence-electron chi connectivity index (χ3n) is 2.87. The lowest BCUT2D eigenvalue weighted by Gasteiger charge is -2.01. The van der Waals surface area contributed by atoms with Gasteiger partial charge in [-0.2, -0.15) is 5.10 Å². The maximum absolute atomic E-state index is 12.8. The van der Waals surface area contributed by atoms with Crippen LogP contribution in [0.15, 0.2) is 30.5 Å². The average Bonchev–Trinajstić information content (AvgIpc) is 2.70. The number of benzene rings is 1. The number of aryl methyl sites for hydroxylation is 1. The van der Waals surface area contributed by atoms with Crippen molar-refractivity contribution >= 4 is 0 Å². The van der Waals surface area contributed by atoms with Crippen LogP contribution in [-0.2, 0) is 13.1 Å². The summed E-state index contributed by atoms with van der Waals surface area (Å²) < 4.78 is 14.7. The molecule has 0 aliphatic carbocycles. The Balaban J connectivity index is 2.07.